The number of primary amides is 1. The highest BCUT2D eigenvalue weighted by Crippen LogP contribution is 2.22. The number of guanidine groups is 1. The molecule has 454 valence electrons. The molecule has 0 radical (unpaired) electrons. The number of amides is 11. The van der Waals surface area contributed by atoms with E-state index in [-0.39, 0.29) is 82.0 Å². The van der Waals surface area contributed by atoms with Gasteiger partial charge >= 0.3 is 0 Å². The third-order valence-corrected chi connectivity index (χ3v) is 14.2. The van der Waals surface area contributed by atoms with Crippen molar-refractivity contribution in [3.05, 3.63) is 35.9 Å². The van der Waals surface area contributed by atoms with Crippen LogP contribution >= 0.6 is 21.6 Å². The molecule has 0 aromatic heterocycles. The van der Waals surface area contributed by atoms with E-state index in [1.807, 2.05) is 0 Å². The molecular formula is C50H83N15O14S2. The largest absolute Gasteiger partial charge is 0.394 e. The number of aliphatic hydroxyl groups is 1. The molecule has 1 aliphatic rings. The van der Waals surface area contributed by atoms with Gasteiger partial charge in [0.1, 0.15) is 48.9 Å². The van der Waals surface area contributed by atoms with Gasteiger partial charge < -0.3 is 90.7 Å². The fraction of sp³-hybridized carbons (Fsp3) is 0.640. The Morgan fingerprint density at radius 1 is 0.617 bits per heavy atom. The van der Waals surface area contributed by atoms with E-state index < -0.39 is 151 Å². The van der Waals surface area contributed by atoms with Gasteiger partial charge in [0.2, 0.25) is 65.0 Å². The lowest BCUT2D eigenvalue weighted by Crippen LogP contribution is -2.61. The molecule has 2 rings (SSSR count). The van der Waals surface area contributed by atoms with Crippen molar-refractivity contribution in [3.63, 3.8) is 0 Å². The van der Waals surface area contributed by atoms with Crippen LogP contribution in [0.25, 0.3) is 0 Å². The van der Waals surface area contributed by atoms with Gasteiger partial charge in [0, 0.05) is 31.0 Å². The number of carbonyl (C=O) groups is 11. The number of carbonyl (C=O) groups excluding carboxylic acids is 11. The van der Waals surface area contributed by atoms with Crippen LogP contribution in [0, 0.1) is 17.8 Å². The third kappa shape index (κ3) is 28.5. The van der Waals surface area contributed by atoms with E-state index >= 15 is 0 Å². The lowest BCUT2D eigenvalue weighted by molar-refractivity contribution is -0.137. The number of rotatable bonds is 12. The summed E-state index contributed by atoms with van der Waals surface area (Å²) < 4.78 is 10.8. The molecule has 0 aliphatic carbocycles. The Balaban J connectivity index is 2.44. The summed E-state index contributed by atoms with van der Waals surface area (Å²) in [5.41, 5.74) is 23.1. The number of hydrogen-bond acceptors (Lipinski definition) is 18. The summed E-state index contributed by atoms with van der Waals surface area (Å²) in [6.07, 6.45) is 0.148. The number of hydrogen-bond donors (Lipinski definition) is 15. The zero-order chi connectivity index (χ0) is 60.6. The van der Waals surface area contributed by atoms with Crippen LogP contribution in [0.3, 0.4) is 0 Å². The predicted octanol–water partition coefficient (Wildman–Crippen LogP) is -5.38. The van der Waals surface area contributed by atoms with Crippen molar-refractivity contribution in [3.8, 4) is 0 Å². The Morgan fingerprint density at radius 2 is 1.16 bits per heavy atom. The topological polar surface area (TPSA) is 463 Å². The van der Waals surface area contributed by atoms with Crippen LogP contribution in [0.1, 0.15) is 66.4 Å². The minimum Gasteiger partial charge on any atom is -0.394 e. The summed E-state index contributed by atoms with van der Waals surface area (Å²) in [4.78, 5) is 151. The van der Waals surface area contributed by atoms with E-state index in [1.54, 1.807) is 71.9 Å². The van der Waals surface area contributed by atoms with Crippen molar-refractivity contribution >= 4 is 92.5 Å². The first-order valence-electron chi connectivity index (χ1n) is 26.4. The third-order valence-electron chi connectivity index (χ3n) is 11.8. The van der Waals surface area contributed by atoms with Gasteiger partial charge in [-0.1, -0.05) is 93.5 Å². The van der Waals surface area contributed by atoms with Crippen LogP contribution < -0.4 is 76.1 Å². The van der Waals surface area contributed by atoms with E-state index in [1.165, 1.54) is 0 Å². The molecule has 31 heteroatoms. The second-order valence-corrected chi connectivity index (χ2v) is 22.4. The monoisotopic (exact) mass is 1180 g/mol. The molecule has 8 atom stereocenters. The number of nitrogens with two attached hydrogens (primary N) is 4. The maximum Gasteiger partial charge on any atom is 0.246 e. The molecule has 81 heavy (non-hydrogen) atoms. The van der Waals surface area contributed by atoms with E-state index in [9.17, 15) is 57.8 Å². The molecule has 1 aliphatic heterocycles. The molecule has 1 heterocycles. The van der Waals surface area contributed by atoms with E-state index in [0.717, 1.165) is 21.6 Å². The average molecular weight is 1180 g/mol. The highest BCUT2D eigenvalue weighted by molar-refractivity contribution is 8.76. The number of aliphatic hydroxyl groups excluding tert-OH is 1. The molecule has 11 amide bonds. The molecular weight excluding hydrogens is 1100 g/mol. The van der Waals surface area contributed by atoms with Crippen molar-refractivity contribution in [1.29, 1.82) is 0 Å². The fourth-order valence-corrected chi connectivity index (χ4v) is 9.71. The SMILES string of the molecule is CC(C)C[C@@H]1NC(=O)CNC(=O)[C@H](Cc2ccccc2)NC(=O)[C@H](C(C)C)NC(=O)[C@H](C(C)C)NC(=O)[C@H](CO)NC(=O)COCCOCCNC(=O)[C@H](N)CSSC[C@H](C(N)=O)NC(=O)CNC(=O)[C@H](CCCN=C(N)N)NC1=O. The molecule has 1 saturated heterocycles. The van der Waals surface area contributed by atoms with Crippen molar-refractivity contribution < 1.29 is 67.3 Å². The molecule has 1 fully saturated rings. The Hall–Kier alpha value is -6.80. The van der Waals surface area contributed by atoms with Gasteiger partial charge in [-0.25, -0.2) is 0 Å². The lowest BCUT2D eigenvalue weighted by Gasteiger charge is -2.29. The maximum absolute atomic E-state index is 14.1. The number of nitrogens with zero attached hydrogens (tertiary/aromatic N) is 1. The summed E-state index contributed by atoms with van der Waals surface area (Å²) in [6.45, 7) is 7.52. The van der Waals surface area contributed by atoms with E-state index in [2.05, 4.69) is 58.2 Å². The fourth-order valence-electron chi connectivity index (χ4n) is 7.41. The van der Waals surface area contributed by atoms with Crippen LogP contribution in [0.2, 0.25) is 0 Å². The Labute approximate surface area is 479 Å². The van der Waals surface area contributed by atoms with Gasteiger partial charge in [-0.2, -0.15) is 0 Å². The summed E-state index contributed by atoms with van der Waals surface area (Å²) in [5, 5.41) is 35.5. The van der Waals surface area contributed by atoms with Gasteiger partial charge in [0.25, 0.3) is 0 Å². The second kappa shape index (κ2) is 38.0. The van der Waals surface area contributed by atoms with E-state index in [0.29, 0.717) is 5.56 Å². The zero-order valence-corrected chi connectivity index (χ0v) is 48.3. The Morgan fingerprint density at radius 3 is 1.75 bits per heavy atom. The van der Waals surface area contributed by atoms with Crippen LogP contribution in [0.15, 0.2) is 35.3 Å². The van der Waals surface area contributed by atoms with Crippen molar-refractivity contribution in [2.45, 2.75) is 116 Å². The number of aliphatic imine (C=N–C) groups is 1. The molecule has 0 unspecified atom stereocenters. The van der Waals surface area contributed by atoms with Crippen LogP contribution in [0.5, 0.6) is 0 Å². The van der Waals surface area contributed by atoms with Gasteiger partial charge in [-0.3, -0.25) is 57.7 Å². The van der Waals surface area contributed by atoms with Crippen molar-refractivity contribution in [1.82, 2.24) is 53.2 Å². The molecule has 19 N–H and O–H groups in total. The molecule has 0 saturated carbocycles. The lowest BCUT2D eigenvalue weighted by atomic mass is 9.98. The van der Waals surface area contributed by atoms with Gasteiger partial charge in [0.15, 0.2) is 5.96 Å². The Kier molecular flexibility index (Phi) is 33.0. The zero-order valence-electron chi connectivity index (χ0n) is 46.7. The van der Waals surface area contributed by atoms with Gasteiger partial charge in [-0.15, -0.1) is 0 Å². The number of ether oxygens (including phenoxy) is 2. The first-order chi connectivity index (χ1) is 38.3. The highest BCUT2D eigenvalue weighted by Gasteiger charge is 2.35. The summed E-state index contributed by atoms with van der Waals surface area (Å²) in [5.74, 6) is -10.2. The standard InChI is InChI=1S/C50H83N15O14S2/c1-27(2)19-33-46(74)62-32(13-10-14-56-50(53)54)44(72)57-22-38(68)61-36(42(52)70)26-81-80-25-31(51)43(71)55-15-16-78-17-18-79-24-39(69)60-35(23-66)47(75)64-41(29(5)6)49(77)65-40(28(3)4)48(76)63-34(20-30-11-8-7-9-12-30)45(73)58-21-37(67)59-33/h7-9,11-12,27-29,31-36,40-41,66H,10,13-26,51H2,1-6H3,(H2,52,70)(H,55,71)(H,57,72)(H,58,73)(H,59,67)(H,60,69)(H,61,68)(H,62,74)(H,63,76)(H,64,75)(H,65,77)(H4,53,54,56)/t31-,32+,33+,34+,35+,36-,40+,41+/m1/s1. The van der Waals surface area contributed by atoms with Crippen LogP contribution in [-0.4, -0.2) is 195 Å². The van der Waals surface area contributed by atoms with Gasteiger partial charge in [-0.05, 0) is 42.6 Å². The average Bonchev–Trinajstić information content (AvgIpc) is 3.42. The smallest absolute Gasteiger partial charge is 0.246 e. The minimum atomic E-state index is -1.51. The summed E-state index contributed by atoms with van der Waals surface area (Å²) >= 11 is 0. The van der Waals surface area contributed by atoms with Crippen LogP contribution in [0.4, 0.5) is 0 Å². The molecule has 1 aromatic carbocycles. The highest BCUT2D eigenvalue weighted by atomic mass is 33.1. The van der Waals surface area contributed by atoms with E-state index in [4.69, 9.17) is 32.4 Å². The first kappa shape index (κ1) is 70.3. The number of nitrogens with one attached hydrogen (secondary N) is 10. The Bertz CT molecular complexity index is 2280. The maximum atomic E-state index is 14.1. The summed E-state index contributed by atoms with van der Waals surface area (Å²) in [6, 6.07) is -1.50. The molecule has 0 spiro atoms. The molecule has 0 bridgehead atoms. The quantitative estimate of drug-likeness (QED) is 0.0402. The van der Waals surface area contributed by atoms with Crippen LogP contribution in [-0.2, 0) is 68.6 Å². The summed E-state index contributed by atoms with van der Waals surface area (Å²) in [7, 11) is 2.23. The first-order valence-corrected chi connectivity index (χ1v) is 28.9. The number of benzene rings is 1. The molecule has 1 aromatic rings. The van der Waals surface area contributed by atoms with Crippen molar-refractivity contribution in [2.75, 3.05) is 70.7 Å². The van der Waals surface area contributed by atoms with Gasteiger partial charge in [0.05, 0.1) is 45.6 Å². The normalized spacial score (nSPS) is 24.7. The predicted molar refractivity (Wildman–Crippen MR) is 303 cm³/mol. The second-order valence-electron chi connectivity index (χ2n) is 19.9. The van der Waals surface area contributed by atoms with Crippen molar-refractivity contribution in [2.24, 2.45) is 45.7 Å². The minimum absolute atomic E-state index is 0.00914. The molecule has 29 nitrogen and oxygen atoms in total.